The summed E-state index contributed by atoms with van der Waals surface area (Å²) in [6.45, 7) is 4.08. The highest BCUT2D eigenvalue weighted by atomic mass is 32.1. The summed E-state index contributed by atoms with van der Waals surface area (Å²) >= 11 is 1.85. The van der Waals surface area contributed by atoms with E-state index >= 15 is 0 Å². The van der Waals surface area contributed by atoms with Crippen molar-refractivity contribution in [1.82, 2.24) is 10.3 Å². The van der Waals surface area contributed by atoms with E-state index in [1.54, 1.807) is 0 Å². The highest BCUT2D eigenvalue weighted by Crippen LogP contribution is 2.35. The molecule has 0 aromatic carbocycles. The van der Waals surface area contributed by atoms with Crippen molar-refractivity contribution in [3.63, 3.8) is 0 Å². The first kappa shape index (κ1) is 10.1. The summed E-state index contributed by atoms with van der Waals surface area (Å²) < 4.78 is 0. The molecule has 14 heavy (non-hydrogen) atoms. The van der Waals surface area contributed by atoms with Gasteiger partial charge < -0.3 is 5.32 Å². The van der Waals surface area contributed by atoms with Gasteiger partial charge in [0, 0.05) is 17.8 Å². The zero-order valence-electron chi connectivity index (χ0n) is 8.75. The van der Waals surface area contributed by atoms with Crippen molar-refractivity contribution < 1.29 is 0 Å². The maximum atomic E-state index is 4.69. The van der Waals surface area contributed by atoms with E-state index in [4.69, 9.17) is 0 Å². The lowest BCUT2D eigenvalue weighted by Crippen LogP contribution is -2.12. The van der Waals surface area contributed by atoms with Crippen LogP contribution in [0.5, 0.6) is 0 Å². The van der Waals surface area contributed by atoms with Crippen molar-refractivity contribution in [2.24, 2.45) is 0 Å². The van der Waals surface area contributed by atoms with Crippen LogP contribution in [0.4, 0.5) is 0 Å². The van der Waals surface area contributed by atoms with Gasteiger partial charge in [-0.15, -0.1) is 11.3 Å². The summed E-state index contributed by atoms with van der Waals surface area (Å²) in [4.78, 5) is 4.69. The van der Waals surface area contributed by atoms with Crippen LogP contribution in [0.2, 0.25) is 0 Å². The second-order valence-corrected chi connectivity index (χ2v) is 4.83. The first-order chi connectivity index (χ1) is 6.90. The summed E-state index contributed by atoms with van der Waals surface area (Å²) in [5.74, 6) is 0.773. The van der Waals surface area contributed by atoms with E-state index in [-0.39, 0.29) is 0 Å². The Morgan fingerprint density at radius 3 is 3.00 bits per heavy atom. The number of hydrogen-bond acceptors (Lipinski definition) is 3. The minimum Gasteiger partial charge on any atom is -0.311 e. The minimum absolute atomic E-state index is 0.773. The summed E-state index contributed by atoms with van der Waals surface area (Å²) in [5.41, 5.74) is 1.22. The first-order valence-corrected chi connectivity index (χ1v) is 6.43. The molecule has 1 aromatic heterocycles. The topological polar surface area (TPSA) is 24.9 Å². The molecule has 1 heterocycles. The molecule has 1 aliphatic carbocycles. The molecular formula is C11H18N2S. The van der Waals surface area contributed by atoms with Crippen LogP contribution in [-0.2, 0) is 6.54 Å². The lowest BCUT2D eigenvalue weighted by atomic mass is 10.1. The van der Waals surface area contributed by atoms with E-state index in [2.05, 4.69) is 22.6 Å². The summed E-state index contributed by atoms with van der Waals surface area (Å²) in [7, 11) is 0. The quantitative estimate of drug-likeness (QED) is 0.826. The van der Waals surface area contributed by atoms with Crippen molar-refractivity contribution >= 4 is 11.3 Å². The molecule has 1 N–H and O–H groups in total. The fourth-order valence-corrected chi connectivity index (χ4v) is 3.01. The molecule has 0 unspecified atom stereocenters. The van der Waals surface area contributed by atoms with Crippen molar-refractivity contribution in [3.05, 3.63) is 16.1 Å². The van der Waals surface area contributed by atoms with Gasteiger partial charge in [0.2, 0.25) is 0 Å². The second-order valence-electron chi connectivity index (χ2n) is 3.94. The molecule has 0 aliphatic heterocycles. The van der Waals surface area contributed by atoms with Gasteiger partial charge in [-0.05, 0) is 19.4 Å². The van der Waals surface area contributed by atoms with Crippen LogP contribution in [-0.4, -0.2) is 11.5 Å². The van der Waals surface area contributed by atoms with Crippen molar-refractivity contribution in [3.8, 4) is 0 Å². The first-order valence-electron chi connectivity index (χ1n) is 5.55. The standard InChI is InChI=1S/C11H18N2S/c1-2-12-7-10-8-14-11(13-10)9-5-3-4-6-9/h8-9,12H,2-7H2,1H3. The Morgan fingerprint density at radius 1 is 1.50 bits per heavy atom. The van der Waals surface area contributed by atoms with Gasteiger partial charge in [-0.3, -0.25) is 0 Å². The van der Waals surface area contributed by atoms with Gasteiger partial charge in [0.05, 0.1) is 10.7 Å². The van der Waals surface area contributed by atoms with Crippen LogP contribution in [0.15, 0.2) is 5.38 Å². The van der Waals surface area contributed by atoms with E-state index < -0.39 is 0 Å². The smallest absolute Gasteiger partial charge is 0.0959 e. The molecule has 1 saturated carbocycles. The number of thiazole rings is 1. The number of aromatic nitrogens is 1. The number of rotatable bonds is 4. The maximum Gasteiger partial charge on any atom is 0.0959 e. The highest BCUT2D eigenvalue weighted by Gasteiger charge is 2.19. The van der Waals surface area contributed by atoms with Gasteiger partial charge in [-0.25, -0.2) is 4.98 Å². The normalized spacial score (nSPS) is 17.8. The zero-order valence-corrected chi connectivity index (χ0v) is 9.57. The molecule has 0 amide bonds. The van der Waals surface area contributed by atoms with Gasteiger partial charge >= 0.3 is 0 Å². The van der Waals surface area contributed by atoms with Crippen LogP contribution in [0.25, 0.3) is 0 Å². The summed E-state index contributed by atoms with van der Waals surface area (Å²) in [5, 5.41) is 6.89. The lowest BCUT2D eigenvalue weighted by Gasteiger charge is -2.02. The summed E-state index contributed by atoms with van der Waals surface area (Å²) in [6, 6.07) is 0. The Bertz CT molecular complexity index is 277. The van der Waals surface area contributed by atoms with Crippen LogP contribution in [0.3, 0.4) is 0 Å². The third kappa shape index (κ3) is 2.34. The fraction of sp³-hybridized carbons (Fsp3) is 0.727. The molecule has 1 fully saturated rings. The van der Waals surface area contributed by atoms with Gasteiger partial charge in [-0.1, -0.05) is 19.8 Å². The monoisotopic (exact) mass is 210 g/mol. The maximum absolute atomic E-state index is 4.69. The van der Waals surface area contributed by atoms with Gasteiger partial charge in [-0.2, -0.15) is 0 Å². The van der Waals surface area contributed by atoms with Gasteiger partial charge in [0.25, 0.3) is 0 Å². The van der Waals surface area contributed by atoms with Crippen molar-refractivity contribution in [2.45, 2.75) is 45.1 Å². The highest BCUT2D eigenvalue weighted by molar-refractivity contribution is 7.09. The van der Waals surface area contributed by atoms with Crippen LogP contribution in [0, 0.1) is 0 Å². The molecule has 1 aliphatic rings. The molecule has 0 saturated heterocycles. The Balaban J connectivity index is 1.94. The Labute approximate surface area is 89.8 Å². The predicted molar refractivity (Wildman–Crippen MR) is 60.7 cm³/mol. The van der Waals surface area contributed by atoms with Crippen molar-refractivity contribution in [1.29, 1.82) is 0 Å². The average Bonchev–Trinajstić information content (AvgIpc) is 2.85. The lowest BCUT2D eigenvalue weighted by molar-refractivity contribution is 0.687. The van der Waals surface area contributed by atoms with Gasteiger partial charge in [0.15, 0.2) is 0 Å². The molecule has 0 spiro atoms. The average molecular weight is 210 g/mol. The zero-order chi connectivity index (χ0) is 9.80. The van der Waals surface area contributed by atoms with Gasteiger partial charge in [0.1, 0.15) is 0 Å². The number of nitrogens with one attached hydrogen (secondary N) is 1. The Kier molecular flexibility index (Phi) is 3.54. The molecule has 78 valence electrons. The fourth-order valence-electron chi connectivity index (χ4n) is 2.02. The SMILES string of the molecule is CCNCc1csc(C2CCCC2)n1. The largest absolute Gasteiger partial charge is 0.311 e. The van der Waals surface area contributed by atoms with E-state index in [1.165, 1.54) is 36.4 Å². The van der Waals surface area contributed by atoms with Crippen molar-refractivity contribution in [2.75, 3.05) is 6.54 Å². The third-order valence-electron chi connectivity index (χ3n) is 2.83. The van der Waals surface area contributed by atoms with E-state index in [9.17, 15) is 0 Å². The molecule has 0 atom stereocenters. The molecule has 2 rings (SSSR count). The Morgan fingerprint density at radius 2 is 2.29 bits per heavy atom. The second kappa shape index (κ2) is 4.89. The third-order valence-corrected chi connectivity index (χ3v) is 3.89. The molecule has 3 heteroatoms. The van der Waals surface area contributed by atoms with Crippen LogP contribution < -0.4 is 5.32 Å². The van der Waals surface area contributed by atoms with E-state index in [0.717, 1.165) is 19.0 Å². The molecular weight excluding hydrogens is 192 g/mol. The number of nitrogens with zero attached hydrogens (tertiary/aromatic N) is 1. The molecule has 2 nitrogen and oxygen atoms in total. The predicted octanol–water partition coefficient (Wildman–Crippen LogP) is 2.91. The molecule has 1 aromatic rings. The number of hydrogen-bond donors (Lipinski definition) is 1. The molecule has 0 radical (unpaired) electrons. The Hall–Kier alpha value is -0.410. The van der Waals surface area contributed by atoms with E-state index in [1.807, 2.05) is 11.3 Å². The minimum atomic E-state index is 0.773. The summed E-state index contributed by atoms with van der Waals surface area (Å²) in [6.07, 6.45) is 5.50. The van der Waals surface area contributed by atoms with Crippen LogP contribution in [0.1, 0.15) is 49.2 Å². The van der Waals surface area contributed by atoms with Crippen LogP contribution >= 0.6 is 11.3 Å². The van der Waals surface area contributed by atoms with E-state index in [0.29, 0.717) is 0 Å². The molecule has 0 bridgehead atoms.